The highest BCUT2D eigenvalue weighted by Gasteiger charge is 2.38. The van der Waals surface area contributed by atoms with Gasteiger partial charge < -0.3 is 9.47 Å². The maximum atomic E-state index is 11.2. The lowest BCUT2D eigenvalue weighted by Gasteiger charge is -2.22. The van der Waals surface area contributed by atoms with Crippen molar-refractivity contribution in [2.45, 2.75) is 19.9 Å². The molecule has 2 aliphatic rings. The lowest BCUT2D eigenvalue weighted by molar-refractivity contribution is -0.137. The van der Waals surface area contributed by atoms with Gasteiger partial charge in [-0.15, -0.1) is 0 Å². The Labute approximate surface area is 103 Å². The summed E-state index contributed by atoms with van der Waals surface area (Å²) in [5, 5.41) is 0. The van der Waals surface area contributed by atoms with Gasteiger partial charge in [0.15, 0.2) is 0 Å². The molecule has 0 aromatic carbocycles. The zero-order valence-corrected chi connectivity index (χ0v) is 10.6. The highest BCUT2D eigenvalue weighted by atomic mass is 16.5. The first kappa shape index (κ1) is 12.6. The molecule has 2 heterocycles. The standard InChI is InChI=1S/C13H21NO3/c1-3-17-13(15)5-4-10(2)14-6-11-8-16-9-12(11)7-14/h4-5,10-12H,3,6-9H2,1-2H3/b5-4+/t10?,11-,12+. The van der Waals surface area contributed by atoms with Crippen LogP contribution in [0.1, 0.15) is 13.8 Å². The third kappa shape index (κ3) is 3.07. The summed E-state index contributed by atoms with van der Waals surface area (Å²) in [6.07, 6.45) is 3.47. The fraction of sp³-hybridized carbons (Fsp3) is 0.769. The lowest BCUT2D eigenvalue weighted by atomic mass is 10.0. The van der Waals surface area contributed by atoms with Crippen LogP contribution < -0.4 is 0 Å². The molecule has 17 heavy (non-hydrogen) atoms. The fourth-order valence-corrected chi connectivity index (χ4v) is 2.59. The summed E-state index contributed by atoms with van der Waals surface area (Å²) in [5.74, 6) is 1.13. The molecule has 1 unspecified atom stereocenters. The van der Waals surface area contributed by atoms with Gasteiger partial charge in [0.2, 0.25) is 0 Å². The van der Waals surface area contributed by atoms with Crippen molar-refractivity contribution in [1.82, 2.24) is 4.90 Å². The van der Waals surface area contributed by atoms with Crippen LogP contribution in [0, 0.1) is 11.8 Å². The van der Waals surface area contributed by atoms with Crippen LogP contribution in [-0.4, -0.2) is 49.8 Å². The minimum Gasteiger partial charge on any atom is -0.463 e. The van der Waals surface area contributed by atoms with E-state index in [0.29, 0.717) is 24.5 Å². The van der Waals surface area contributed by atoms with Gasteiger partial charge >= 0.3 is 5.97 Å². The minimum atomic E-state index is -0.248. The van der Waals surface area contributed by atoms with E-state index in [4.69, 9.17) is 9.47 Å². The molecule has 96 valence electrons. The van der Waals surface area contributed by atoms with Crippen LogP contribution >= 0.6 is 0 Å². The number of fused-ring (bicyclic) bond motifs is 1. The number of carbonyl (C=O) groups excluding carboxylic acids is 1. The van der Waals surface area contributed by atoms with Crippen LogP contribution in [0.2, 0.25) is 0 Å². The number of ether oxygens (including phenoxy) is 2. The van der Waals surface area contributed by atoms with Gasteiger partial charge in [-0.1, -0.05) is 6.08 Å². The van der Waals surface area contributed by atoms with Crippen molar-refractivity contribution in [3.8, 4) is 0 Å². The monoisotopic (exact) mass is 239 g/mol. The Morgan fingerprint density at radius 3 is 2.71 bits per heavy atom. The van der Waals surface area contributed by atoms with E-state index >= 15 is 0 Å². The zero-order valence-electron chi connectivity index (χ0n) is 10.6. The van der Waals surface area contributed by atoms with Crippen molar-refractivity contribution in [1.29, 1.82) is 0 Å². The summed E-state index contributed by atoms with van der Waals surface area (Å²) in [5.41, 5.74) is 0. The average molecular weight is 239 g/mol. The van der Waals surface area contributed by atoms with E-state index in [0.717, 1.165) is 26.3 Å². The third-order valence-corrected chi connectivity index (χ3v) is 3.64. The molecule has 0 aromatic heterocycles. The minimum absolute atomic E-state index is 0.248. The average Bonchev–Trinajstić information content (AvgIpc) is 2.86. The van der Waals surface area contributed by atoms with Crippen molar-refractivity contribution in [3.05, 3.63) is 12.2 Å². The summed E-state index contributed by atoms with van der Waals surface area (Å²) in [4.78, 5) is 13.6. The molecule has 2 aliphatic heterocycles. The van der Waals surface area contributed by atoms with Crippen LogP contribution in [0.25, 0.3) is 0 Å². The Kier molecular flexibility index (Phi) is 4.18. The molecule has 0 bridgehead atoms. The molecule has 0 saturated carbocycles. The zero-order chi connectivity index (χ0) is 12.3. The summed E-state index contributed by atoms with van der Waals surface area (Å²) in [6, 6.07) is 0.296. The van der Waals surface area contributed by atoms with Crippen LogP contribution in [0.15, 0.2) is 12.2 Å². The number of hydrogen-bond donors (Lipinski definition) is 0. The second-order valence-corrected chi connectivity index (χ2v) is 4.86. The van der Waals surface area contributed by atoms with Gasteiger partial charge in [0.1, 0.15) is 0 Å². The van der Waals surface area contributed by atoms with Crippen molar-refractivity contribution in [3.63, 3.8) is 0 Å². The lowest BCUT2D eigenvalue weighted by Crippen LogP contribution is -2.31. The van der Waals surface area contributed by atoms with E-state index in [9.17, 15) is 4.79 Å². The van der Waals surface area contributed by atoms with E-state index in [-0.39, 0.29) is 5.97 Å². The molecule has 0 amide bonds. The molecule has 0 N–H and O–H groups in total. The summed E-state index contributed by atoms with van der Waals surface area (Å²) >= 11 is 0. The molecule has 2 saturated heterocycles. The summed E-state index contributed by atoms with van der Waals surface area (Å²) in [7, 11) is 0. The molecule has 0 aliphatic carbocycles. The van der Waals surface area contributed by atoms with Gasteiger partial charge in [-0.3, -0.25) is 4.90 Å². The molecule has 4 nitrogen and oxygen atoms in total. The van der Waals surface area contributed by atoms with Gasteiger partial charge in [-0.25, -0.2) is 4.79 Å². The highest BCUT2D eigenvalue weighted by molar-refractivity contribution is 5.81. The Morgan fingerprint density at radius 1 is 1.47 bits per heavy atom. The van der Waals surface area contributed by atoms with Gasteiger partial charge in [0.25, 0.3) is 0 Å². The first-order chi connectivity index (χ1) is 8.20. The maximum Gasteiger partial charge on any atom is 0.330 e. The molecule has 2 fully saturated rings. The van der Waals surface area contributed by atoms with Gasteiger partial charge in [0, 0.05) is 37.0 Å². The molecular weight excluding hydrogens is 218 g/mol. The summed E-state index contributed by atoms with van der Waals surface area (Å²) < 4.78 is 10.3. The van der Waals surface area contributed by atoms with Crippen LogP contribution in [0.3, 0.4) is 0 Å². The predicted octanol–water partition coefficient (Wildman–Crippen LogP) is 1.07. The quantitative estimate of drug-likeness (QED) is 0.543. The van der Waals surface area contributed by atoms with E-state index in [2.05, 4.69) is 11.8 Å². The number of carbonyl (C=O) groups is 1. The Bertz CT molecular complexity index is 291. The first-order valence-corrected chi connectivity index (χ1v) is 6.37. The molecule has 2 rings (SSSR count). The van der Waals surface area contributed by atoms with E-state index in [1.807, 2.05) is 13.0 Å². The van der Waals surface area contributed by atoms with Crippen LogP contribution in [-0.2, 0) is 14.3 Å². The van der Waals surface area contributed by atoms with Crippen LogP contribution in [0.5, 0.6) is 0 Å². The number of likely N-dealkylation sites (tertiary alicyclic amines) is 1. The number of rotatable bonds is 4. The largest absolute Gasteiger partial charge is 0.463 e. The Morgan fingerprint density at radius 2 is 2.12 bits per heavy atom. The van der Waals surface area contributed by atoms with Crippen molar-refractivity contribution >= 4 is 5.97 Å². The van der Waals surface area contributed by atoms with Gasteiger partial charge in [0.05, 0.1) is 19.8 Å². The Hall–Kier alpha value is -0.870. The SMILES string of the molecule is CCOC(=O)/C=C/C(C)N1C[C@H]2COC[C@H]2C1. The smallest absolute Gasteiger partial charge is 0.330 e. The molecule has 0 spiro atoms. The van der Waals surface area contributed by atoms with Crippen molar-refractivity contribution in [2.24, 2.45) is 11.8 Å². The normalized spacial score (nSPS) is 30.7. The van der Waals surface area contributed by atoms with E-state index in [1.54, 1.807) is 6.08 Å². The molecule has 0 radical (unpaired) electrons. The number of esters is 1. The second-order valence-electron chi connectivity index (χ2n) is 4.86. The topological polar surface area (TPSA) is 38.8 Å². The Balaban J connectivity index is 1.81. The van der Waals surface area contributed by atoms with Crippen LogP contribution in [0.4, 0.5) is 0 Å². The van der Waals surface area contributed by atoms with Gasteiger partial charge in [-0.05, 0) is 13.8 Å². The second kappa shape index (κ2) is 5.65. The first-order valence-electron chi connectivity index (χ1n) is 6.37. The van der Waals surface area contributed by atoms with E-state index < -0.39 is 0 Å². The molecule has 0 aromatic rings. The molecule has 3 atom stereocenters. The number of nitrogens with zero attached hydrogens (tertiary/aromatic N) is 1. The number of hydrogen-bond acceptors (Lipinski definition) is 4. The van der Waals surface area contributed by atoms with Crippen molar-refractivity contribution < 1.29 is 14.3 Å². The summed E-state index contributed by atoms with van der Waals surface area (Å²) in [6.45, 7) is 8.33. The maximum absolute atomic E-state index is 11.2. The third-order valence-electron chi connectivity index (χ3n) is 3.64. The van der Waals surface area contributed by atoms with Gasteiger partial charge in [-0.2, -0.15) is 0 Å². The predicted molar refractivity (Wildman–Crippen MR) is 64.6 cm³/mol. The van der Waals surface area contributed by atoms with E-state index in [1.165, 1.54) is 0 Å². The molecular formula is C13H21NO3. The highest BCUT2D eigenvalue weighted by Crippen LogP contribution is 2.30. The fourth-order valence-electron chi connectivity index (χ4n) is 2.59. The van der Waals surface area contributed by atoms with Crippen molar-refractivity contribution in [2.75, 3.05) is 32.9 Å². The molecule has 4 heteroatoms.